The van der Waals surface area contributed by atoms with Crippen molar-refractivity contribution in [3.8, 4) is 0 Å². The Bertz CT molecular complexity index is 185. The van der Waals surface area contributed by atoms with Gasteiger partial charge in [-0.2, -0.15) is 0 Å². The molecule has 0 aromatic rings. The van der Waals surface area contributed by atoms with Crippen molar-refractivity contribution in [2.45, 2.75) is 52.9 Å². The molecule has 0 unspecified atom stereocenters. The molecule has 0 aliphatic heterocycles. The van der Waals surface area contributed by atoms with Gasteiger partial charge in [-0.15, -0.1) is 0 Å². The molecule has 0 aliphatic rings. The first kappa shape index (κ1) is 14.2. The Morgan fingerprint density at radius 1 is 1.27 bits per heavy atom. The molecule has 0 fully saturated rings. The van der Waals surface area contributed by atoms with Crippen molar-refractivity contribution in [3.63, 3.8) is 0 Å². The Labute approximate surface area is 94.1 Å². The highest BCUT2D eigenvalue weighted by atomic mass is 16.1. The van der Waals surface area contributed by atoms with Gasteiger partial charge in [-0.3, -0.25) is 4.79 Å². The van der Waals surface area contributed by atoms with E-state index in [0.29, 0.717) is 12.3 Å². The highest BCUT2D eigenvalue weighted by Gasteiger charge is 1.98. The molecule has 0 aromatic heterocycles. The average Bonchev–Trinajstić information content (AvgIpc) is 2.20. The van der Waals surface area contributed by atoms with Crippen LogP contribution in [0.15, 0.2) is 12.2 Å². The maximum absolute atomic E-state index is 11.3. The van der Waals surface area contributed by atoms with Gasteiger partial charge < -0.3 is 5.32 Å². The molecular formula is C13H25NO. The quantitative estimate of drug-likeness (QED) is 0.484. The second-order valence-electron chi connectivity index (χ2n) is 4.37. The van der Waals surface area contributed by atoms with E-state index in [1.165, 1.54) is 19.3 Å². The zero-order valence-electron chi connectivity index (χ0n) is 10.4. The van der Waals surface area contributed by atoms with Crippen LogP contribution in [0.1, 0.15) is 52.9 Å². The van der Waals surface area contributed by atoms with Gasteiger partial charge in [0.2, 0.25) is 5.91 Å². The van der Waals surface area contributed by atoms with Gasteiger partial charge in [0, 0.05) is 13.0 Å². The second kappa shape index (κ2) is 9.75. The summed E-state index contributed by atoms with van der Waals surface area (Å²) in [7, 11) is 0. The van der Waals surface area contributed by atoms with Crippen LogP contribution in [0.25, 0.3) is 0 Å². The maximum atomic E-state index is 11.3. The van der Waals surface area contributed by atoms with E-state index < -0.39 is 0 Å². The molecule has 0 aromatic carbocycles. The lowest BCUT2D eigenvalue weighted by atomic mass is 10.2. The van der Waals surface area contributed by atoms with Gasteiger partial charge in [-0.25, -0.2) is 0 Å². The van der Waals surface area contributed by atoms with E-state index in [1.54, 1.807) is 0 Å². The molecule has 0 saturated heterocycles. The van der Waals surface area contributed by atoms with E-state index in [9.17, 15) is 4.79 Å². The van der Waals surface area contributed by atoms with Crippen LogP contribution in [0, 0.1) is 5.92 Å². The molecule has 0 spiro atoms. The Kier molecular flexibility index (Phi) is 9.24. The van der Waals surface area contributed by atoms with E-state index in [0.717, 1.165) is 13.0 Å². The van der Waals surface area contributed by atoms with Gasteiger partial charge >= 0.3 is 0 Å². The van der Waals surface area contributed by atoms with Gasteiger partial charge in [0.1, 0.15) is 0 Å². The molecular weight excluding hydrogens is 186 g/mol. The lowest BCUT2D eigenvalue weighted by Gasteiger charge is -2.05. The van der Waals surface area contributed by atoms with E-state index in [2.05, 4.69) is 32.2 Å². The number of nitrogens with one attached hydrogen (secondary N) is 1. The number of rotatable bonds is 8. The first-order valence-corrected chi connectivity index (χ1v) is 6.08. The van der Waals surface area contributed by atoms with Crippen molar-refractivity contribution in [1.29, 1.82) is 0 Å². The molecule has 15 heavy (non-hydrogen) atoms. The number of carbonyl (C=O) groups is 1. The molecule has 2 heteroatoms. The van der Waals surface area contributed by atoms with Crippen LogP contribution in [0.3, 0.4) is 0 Å². The molecule has 0 heterocycles. The van der Waals surface area contributed by atoms with Gasteiger partial charge in [-0.05, 0) is 18.8 Å². The molecule has 1 N–H and O–H groups in total. The molecule has 0 aliphatic carbocycles. The minimum atomic E-state index is 0.135. The second-order valence-corrected chi connectivity index (χ2v) is 4.37. The van der Waals surface area contributed by atoms with E-state index in [4.69, 9.17) is 0 Å². The zero-order chi connectivity index (χ0) is 11.5. The summed E-state index contributed by atoms with van der Waals surface area (Å²) in [5, 5.41) is 2.89. The van der Waals surface area contributed by atoms with Gasteiger partial charge in [0.25, 0.3) is 0 Å². The van der Waals surface area contributed by atoms with Crippen molar-refractivity contribution in [1.82, 2.24) is 5.32 Å². The van der Waals surface area contributed by atoms with E-state index >= 15 is 0 Å². The third-order valence-electron chi connectivity index (χ3n) is 2.15. The van der Waals surface area contributed by atoms with Gasteiger partial charge in [-0.1, -0.05) is 45.8 Å². The smallest absolute Gasteiger partial charge is 0.223 e. The van der Waals surface area contributed by atoms with E-state index in [1.807, 2.05) is 6.08 Å². The number of hydrogen-bond donors (Lipinski definition) is 1. The summed E-state index contributed by atoms with van der Waals surface area (Å²) >= 11 is 0. The maximum Gasteiger partial charge on any atom is 0.223 e. The van der Waals surface area contributed by atoms with Gasteiger partial charge in [0.05, 0.1) is 0 Å². The molecule has 0 bridgehead atoms. The Morgan fingerprint density at radius 2 is 2.00 bits per heavy atom. The largest absolute Gasteiger partial charge is 0.356 e. The molecule has 88 valence electrons. The summed E-state index contributed by atoms with van der Waals surface area (Å²) < 4.78 is 0. The van der Waals surface area contributed by atoms with E-state index in [-0.39, 0.29) is 5.91 Å². The molecule has 0 radical (unpaired) electrons. The molecule has 0 rings (SSSR count). The van der Waals surface area contributed by atoms with Crippen LogP contribution < -0.4 is 5.32 Å². The molecule has 2 nitrogen and oxygen atoms in total. The van der Waals surface area contributed by atoms with Crippen molar-refractivity contribution in [2.24, 2.45) is 5.92 Å². The average molecular weight is 211 g/mol. The van der Waals surface area contributed by atoms with Crippen LogP contribution in [0.2, 0.25) is 0 Å². The molecule has 0 saturated carbocycles. The predicted octanol–water partition coefficient (Wildman–Crippen LogP) is 3.29. The van der Waals surface area contributed by atoms with Crippen molar-refractivity contribution in [3.05, 3.63) is 12.2 Å². The van der Waals surface area contributed by atoms with Crippen molar-refractivity contribution >= 4 is 5.91 Å². The minimum Gasteiger partial charge on any atom is -0.356 e. The Hall–Kier alpha value is -0.790. The SMILES string of the molecule is CCCCC/C=C/CC(=O)NCC(C)C. The highest BCUT2D eigenvalue weighted by molar-refractivity contribution is 5.77. The minimum absolute atomic E-state index is 0.135. The Balaban J connectivity index is 3.36. The third kappa shape index (κ3) is 11.1. The number of allylic oxidation sites excluding steroid dienone is 1. The summed E-state index contributed by atoms with van der Waals surface area (Å²) in [6.45, 7) is 7.17. The van der Waals surface area contributed by atoms with Crippen molar-refractivity contribution in [2.75, 3.05) is 6.54 Å². The normalized spacial score (nSPS) is 11.2. The summed E-state index contributed by atoms with van der Waals surface area (Å²) in [6.07, 6.45) is 9.49. The summed E-state index contributed by atoms with van der Waals surface area (Å²) in [5.74, 6) is 0.665. The predicted molar refractivity (Wildman–Crippen MR) is 65.7 cm³/mol. The number of unbranched alkanes of at least 4 members (excludes halogenated alkanes) is 3. The summed E-state index contributed by atoms with van der Waals surface area (Å²) in [5.41, 5.74) is 0. The number of hydrogen-bond acceptors (Lipinski definition) is 1. The fourth-order valence-corrected chi connectivity index (χ4v) is 1.21. The topological polar surface area (TPSA) is 29.1 Å². The van der Waals surface area contributed by atoms with Crippen molar-refractivity contribution < 1.29 is 4.79 Å². The number of amides is 1. The van der Waals surface area contributed by atoms with Gasteiger partial charge in [0.15, 0.2) is 0 Å². The Morgan fingerprint density at radius 3 is 2.60 bits per heavy atom. The van der Waals surface area contributed by atoms with Crippen LogP contribution in [0.5, 0.6) is 0 Å². The fourth-order valence-electron chi connectivity index (χ4n) is 1.21. The lowest BCUT2D eigenvalue weighted by molar-refractivity contribution is -0.120. The number of carbonyl (C=O) groups excluding carboxylic acids is 1. The molecule has 1 amide bonds. The zero-order valence-corrected chi connectivity index (χ0v) is 10.4. The van der Waals surface area contributed by atoms with Crippen LogP contribution in [-0.4, -0.2) is 12.5 Å². The summed E-state index contributed by atoms with van der Waals surface area (Å²) in [6, 6.07) is 0. The first-order chi connectivity index (χ1) is 7.16. The molecule has 0 atom stereocenters. The lowest BCUT2D eigenvalue weighted by Crippen LogP contribution is -2.26. The van der Waals surface area contributed by atoms with Crippen LogP contribution in [-0.2, 0) is 4.79 Å². The van der Waals surface area contributed by atoms with Crippen LogP contribution in [0.4, 0.5) is 0 Å². The highest BCUT2D eigenvalue weighted by Crippen LogP contribution is 2.00. The standard InChI is InChI=1S/C13H25NO/c1-4-5-6-7-8-9-10-13(15)14-11-12(2)3/h8-9,12H,4-7,10-11H2,1-3H3,(H,14,15)/b9-8+. The fraction of sp³-hybridized carbons (Fsp3) is 0.769. The third-order valence-corrected chi connectivity index (χ3v) is 2.15. The summed E-state index contributed by atoms with van der Waals surface area (Å²) in [4.78, 5) is 11.3. The first-order valence-electron chi connectivity index (χ1n) is 6.08. The monoisotopic (exact) mass is 211 g/mol. The van der Waals surface area contributed by atoms with Crippen LogP contribution >= 0.6 is 0 Å².